The van der Waals surface area contributed by atoms with Crippen LogP contribution >= 0.6 is 15.9 Å². The van der Waals surface area contributed by atoms with E-state index < -0.39 is 10.8 Å². The molecule has 2 rings (SSSR count). The first-order valence-corrected chi connectivity index (χ1v) is 9.61. The Kier molecular flexibility index (Phi) is 5.68. The summed E-state index contributed by atoms with van der Waals surface area (Å²) in [4.78, 5) is 15.1. The molecule has 0 saturated carbocycles. The van der Waals surface area contributed by atoms with Crippen LogP contribution in [0.1, 0.15) is 43.1 Å². The lowest BCUT2D eigenvalue weighted by atomic mass is 10.1. The molecule has 0 spiro atoms. The van der Waals surface area contributed by atoms with Crippen LogP contribution in [-0.2, 0) is 22.0 Å². The highest BCUT2D eigenvalue weighted by atomic mass is 79.9. The third-order valence-electron chi connectivity index (χ3n) is 3.70. The van der Waals surface area contributed by atoms with Gasteiger partial charge in [0.15, 0.2) is 0 Å². The topological polar surface area (TPSA) is 59.2 Å². The van der Waals surface area contributed by atoms with E-state index >= 15 is 0 Å². The van der Waals surface area contributed by atoms with Crippen LogP contribution in [0.3, 0.4) is 0 Å². The van der Waals surface area contributed by atoms with Crippen LogP contribution in [-0.4, -0.2) is 32.8 Å². The summed E-state index contributed by atoms with van der Waals surface area (Å²) in [5.74, 6) is 0.312. The van der Waals surface area contributed by atoms with Crippen molar-refractivity contribution in [1.29, 1.82) is 0 Å². The van der Waals surface area contributed by atoms with Gasteiger partial charge in [-0.05, 0) is 51.3 Å². The van der Waals surface area contributed by atoms with Crippen molar-refractivity contribution in [2.75, 3.05) is 12.9 Å². The lowest BCUT2D eigenvalue weighted by molar-refractivity contribution is 0.0602. The van der Waals surface area contributed by atoms with Crippen LogP contribution in [0.25, 0.3) is 10.9 Å². The van der Waals surface area contributed by atoms with Gasteiger partial charge in [-0.3, -0.25) is 4.21 Å². The maximum absolute atomic E-state index is 12.1. The van der Waals surface area contributed by atoms with E-state index in [1.807, 2.05) is 33.0 Å². The number of esters is 1. The zero-order chi connectivity index (χ0) is 17.2. The molecule has 1 aromatic heterocycles. The molecule has 4 nitrogen and oxygen atoms in total. The zero-order valence-electron chi connectivity index (χ0n) is 13.9. The van der Waals surface area contributed by atoms with Gasteiger partial charge in [0.25, 0.3) is 0 Å². The van der Waals surface area contributed by atoms with Gasteiger partial charge in [-0.25, -0.2) is 4.79 Å². The second-order valence-electron chi connectivity index (χ2n) is 6.45. The van der Waals surface area contributed by atoms with E-state index in [-0.39, 0.29) is 10.7 Å². The number of nitrogens with one attached hydrogen (secondary N) is 1. The Morgan fingerprint density at radius 1 is 1.35 bits per heavy atom. The maximum atomic E-state index is 12.1. The van der Waals surface area contributed by atoms with E-state index in [1.54, 1.807) is 6.07 Å². The number of fused-ring (bicyclic) bond motifs is 1. The van der Waals surface area contributed by atoms with Crippen molar-refractivity contribution in [3.8, 4) is 0 Å². The maximum Gasteiger partial charge on any atom is 0.340 e. The molecule has 23 heavy (non-hydrogen) atoms. The Balaban J connectivity index is 2.21. The standard InChI is InChI=1S/C17H22BrNO3S/c1-17(2,3)23(21)7-5-6-11-10-19-15-13(11)8-12(18)9-14(15)16(20)22-4/h8-10,19H,5-7H2,1-4H3. The number of benzene rings is 1. The highest BCUT2D eigenvalue weighted by Crippen LogP contribution is 2.28. The first-order chi connectivity index (χ1) is 10.7. The van der Waals surface area contributed by atoms with Crippen LogP contribution in [0, 0.1) is 0 Å². The van der Waals surface area contributed by atoms with Gasteiger partial charge in [0.1, 0.15) is 0 Å². The molecule has 1 atom stereocenters. The summed E-state index contributed by atoms with van der Waals surface area (Å²) in [7, 11) is 0.532. The van der Waals surface area contributed by atoms with Crippen molar-refractivity contribution < 1.29 is 13.7 Å². The first-order valence-electron chi connectivity index (χ1n) is 7.50. The number of hydrogen-bond donors (Lipinski definition) is 1. The number of hydrogen-bond acceptors (Lipinski definition) is 3. The molecular weight excluding hydrogens is 378 g/mol. The Hall–Kier alpha value is -1.14. The van der Waals surface area contributed by atoms with Gasteiger partial charge >= 0.3 is 5.97 Å². The molecule has 1 unspecified atom stereocenters. The molecule has 2 aromatic rings. The van der Waals surface area contributed by atoms with Gasteiger partial charge in [-0.1, -0.05) is 15.9 Å². The summed E-state index contributed by atoms with van der Waals surface area (Å²) < 4.78 is 17.6. The normalized spacial score (nSPS) is 13.3. The second-order valence-corrected chi connectivity index (χ2v) is 9.69. The van der Waals surface area contributed by atoms with Crippen molar-refractivity contribution in [3.63, 3.8) is 0 Å². The van der Waals surface area contributed by atoms with Gasteiger partial charge in [0.2, 0.25) is 0 Å². The average Bonchev–Trinajstić information content (AvgIpc) is 2.87. The van der Waals surface area contributed by atoms with Crippen LogP contribution in [0.4, 0.5) is 0 Å². The van der Waals surface area contributed by atoms with Crippen LogP contribution < -0.4 is 0 Å². The van der Waals surface area contributed by atoms with Gasteiger partial charge in [0.05, 0.1) is 18.2 Å². The van der Waals surface area contributed by atoms with E-state index in [4.69, 9.17) is 4.74 Å². The Labute approximate surface area is 147 Å². The molecule has 0 radical (unpaired) electrons. The number of aryl methyl sites for hydroxylation is 1. The fourth-order valence-electron chi connectivity index (χ4n) is 2.43. The number of aromatic amines is 1. The van der Waals surface area contributed by atoms with Gasteiger partial charge < -0.3 is 9.72 Å². The molecule has 0 amide bonds. The van der Waals surface area contributed by atoms with Gasteiger partial charge in [-0.2, -0.15) is 0 Å². The van der Waals surface area contributed by atoms with E-state index in [9.17, 15) is 9.00 Å². The average molecular weight is 400 g/mol. The third kappa shape index (κ3) is 4.23. The number of aromatic nitrogens is 1. The van der Waals surface area contributed by atoms with Gasteiger partial charge in [0, 0.05) is 37.4 Å². The minimum atomic E-state index is -0.844. The molecule has 1 N–H and O–H groups in total. The largest absolute Gasteiger partial charge is 0.465 e. The molecule has 0 saturated heterocycles. The SMILES string of the molecule is COC(=O)c1cc(Br)cc2c(CCCS(=O)C(C)(C)C)c[nH]c12. The first kappa shape index (κ1) is 18.2. The highest BCUT2D eigenvalue weighted by Gasteiger charge is 2.19. The summed E-state index contributed by atoms with van der Waals surface area (Å²) in [6, 6.07) is 3.75. The van der Waals surface area contributed by atoms with Crippen LogP contribution in [0.15, 0.2) is 22.8 Å². The molecule has 6 heteroatoms. The molecule has 0 aliphatic carbocycles. The Morgan fingerprint density at radius 3 is 2.65 bits per heavy atom. The van der Waals surface area contributed by atoms with E-state index in [0.717, 1.165) is 33.8 Å². The van der Waals surface area contributed by atoms with Crippen LogP contribution in [0.2, 0.25) is 0 Å². The summed E-state index contributed by atoms with van der Waals surface area (Å²) in [6.07, 6.45) is 3.58. The number of carbonyl (C=O) groups excluding carboxylic acids is 1. The summed E-state index contributed by atoms with van der Waals surface area (Å²) in [6.45, 7) is 5.98. The molecule has 1 aromatic carbocycles. The van der Waals surface area contributed by atoms with E-state index in [2.05, 4.69) is 20.9 Å². The second kappa shape index (κ2) is 7.18. The number of halogens is 1. The fourth-order valence-corrected chi connectivity index (χ4v) is 3.91. The number of methoxy groups -OCH3 is 1. The minimum Gasteiger partial charge on any atom is -0.465 e. The van der Waals surface area contributed by atoms with E-state index in [1.165, 1.54) is 7.11 Å². The lowest BCUT2D eigenvalue weighted by Crippen LogP contribution is -2.24. The Bertz CT molecular complexity index is 746. The van der Waals surface area contributed by atoms with E-state index in [0.29, 0.717) is 11.3 Å². The predicted molar refractivity (Wildman–Crippen MR) is 98.4 cm³/mol. The van der Waals surface area contributed by atoms with Crippen LogP contribution in [0.5, 0.6) is 0 Å². The summed E-state index contributed by atoms with van der Waals surface area (Å²) in [5.41, 5.74) is 2.42. The number of ether oxygens (including phenoxy) is 1. The number of rotatable bonds is 5. The lowest BCUT2D eigenvalue weighted by Gasteiger charge is -2.17. The molecule has 126 valence electrons. The molecular formula is C17H22BrNO3S. The summed E-state index contributed by atoms with van der Waals surface area (Å²) in [5, 5.41) is 1.00. The van der Waals surface area contributed by atoms with Crippen molar-refractivity contribution in [1.82, 2.24) is 4.98 Å². The summed E-state index contributed by atoms with van der Waals surface area (Å²) >= 11 is 3.45. The molecule has 0 aliphatic rings. The third-order valence-corrected chi connectivity index (χ3v) is 6.19. The number of H-pyrrole nitrogens is 1. The van der Waals surface area contributed by atoms with Crippen molar-refractivity contribution >= 4 is 43.6 Å². The van der Waals surface area contributed by atoms with Gasteiger partial charge in [-0.15, -0.1) is 0 Å². The molecule has 1 heterocycles. The smallest absolute Gasteiger partial charge is 0.340 e. The molecule has 0 bridgehead atoms. The quantitative estimate of drug-likeness (QED) is 0.766. The van der Waals surface area contributed by atoms with Crippen molar-refractivity contribution in [3.05, 3.63) is 33.9 Å². The number of carbonyl (C=O) groups is 1. The predicted octanol–water partition coefficient (Wildman–Crippen LogP) is 4.20. The minimum absolute atomic E-state index is 0.179. The zero-order valence-corrected chi connectivity index (χ0v) is 16.3. The molecule has 0 aliphatic heterocycles. The van der Waals surface area contributed by atoms with Crippen molar-refractivity contribution in [2.45, 2.75) is 38.4 Å². The highest BCUT2D eigenvalue weighted by molar-refractivity contribution is 9.10. The fraction of sp³-hybridized carbons (Fsp3) is 0.471. The van der Waals surface area contributed by atoms with Crippen molar-refractivity contribution in [2.24, 2.45) is 0 Å². The Morgan fingerprint density at radius 2 is 2.04 bits per heavy atom. The monoisotopic (exact) mass is 399 g/mol. The molecule has 0 fully saturated rings.